The van der Waals surface area contributed by atoms with Crippen molar-refractivity contribution in [2.45, 2.75) is 40.5 Å². The van der Waals surface area contributed by atoms with Crippen LogP contribution < -0.4 is 0 Å². The largest absolute Gasteiger partial charge is 0.106 e. The molecule has 1 rings (SSSR count). The molecule has 0 nitrogen and oxygen atoms in total. The Hall–Kier alpha value is -1.22. The van der Waals surface area contributed by atoms with Crippen molar-refractivity contribution in [1.82, 2.24) is 0 Å². The number of hydrogen-bond acceptors (Lipinski definition) is 0. The summed E-state index contributed by atoms with van der Waals surface area (Å²) < 4.78 is 0. The van der Waals surface area contributed by atoms with Crippen molar-refractivity contribution in [3.63, 3.8) is 0 Å². The fraction of sp³-hybridized carbons (Fsp3) is 0.467. The van der Waals surface area contributed by atoms with Crippen LogP contribution in [0.25, 0.3) is 0 Å². The predicted molar refractivity (Wildman–Crippen MR) is 66.9 cm³/mol. The van der Waals surface area contributed by atoms with Crippen LogP contribution in [-0.2, 0) is 0 Å². The van der Waals surface area contributed by atoms with Gasteiger partial charge in [0, 0.05) is 5.92 Å². The zero-order valence-corrected chi connectivity index (χ0v) is 10.4. The molecule has 0 bridgehead atoms. The highest BCUT2D eigenvalue weighted by Crippen LogP contribution is 2.25. The van der Waals surface area contributed by atoms with Gasteiger partial charge in [-0.3, -0.25) is 0 Å². The Kier molecular flexibility index (Phi) is 3.97. The summed E-state index contributed by atoms with van der Waals surface area (Å²) in [5, 5.41) is 0. The highest BCUT2D eigenvalue weighted by molar-refractivity contribution is 5.32. The lowest BCUT2D eigenvalue weighted by atomic mass is 9.88. The Bertz CT molecular complexity index is 390. The van der Waals surface area contributed by atoms with E-state index in [4.69, 9.17) is 0 Å². The Labute approximate surface area is 93.7 Å². The minimum Gasteiger partial charge on any atom is -0.106 e. The zero-order valence-electron chi connectivity index (χ0n) is 10.4. The second-order valence-corrected chi connectivity index (χ2v) is 4.32. The molecule has 0 heterocycles. The maximum absolute atomic E-state index is 3.23. The average molecular weight is 200 g/mol. The first kappa shape index (κ1) is 11.9. The number of hydrogen-bond donors (Lipinski definition) is 0. The quantitative estimate of drug-likeness (QED) is 0.631. The van der Waals surface area contributed by atoms with E-state index in [1.807, 2.05) is 6.92 Å². The van der Waals surface area contributed by atoms with Crippen molar-refractivity contribution in [1.29, 1.82) is 0 Å². The van der Waals surface area contributed by atoms with Gasteiger partial charge in [-0.15, -0.1) is 5.92 Å². The van der Waals surface area contributed by atoms with Crippen molar-refractivity contribution in [3.8, 4) is 11.8 Å². The van der Waals surface area contributed by atoms with Crippen LogP contribution in [0.3, 0.4) is 0 Å². The summed E-state index contributed by atoms with van der Waals surface area (Å²) in [4.78, 5) is 0. The van der Waals surface area contributed by atoms with Crippen LogP contribution in [0, 0.1) is 31.6 Å². The number of benzene rings is 1. The van der Waals surface area contributed by atoms with Gasteiger partial charge in [0.1, 0.15) is 0 Å². The molecule has 0 aliphatic heterocycles. The molecule has 0 spiro atoms. The molecule has 0 heteroatoms. The third-order valence-corrected chi connectivity index (χ3v) is 3.18. The lowest BCUT2D eigenvalue weighted by Crippen LogP contribution is -2.04. The van der Waals surface area contributed by atoms with Gasteiger partial charge in [-0.25, -0.2) is 0 Å². The molecular weight excluding hydrogens is 180 g/mol. The third-order valence-electron chi connectivity index (χ3n) is 3.18. The van der Waals surface area contributed by atoms with E-state index in [0.717, 1.165) is 0 Å². The minimum atomic E-state index is 0.428. The van der Waals surface area contributed by atoms with E-state index >= 15 is 0 Å². The molecule has 2 unspecified atom stereocenters. The molecule has 0 fully saturated rings. The van der Waals surface area contributed by atoms with Gasteiger partial charge >= 0.3 is 0 Å². The predicted octanol–water partition coefficient (Wildman–Crippen LogP) is 4.07. The van der Waals surface area contributed by atoms with Crippen molar-refractivity contribution < 1.29 is 0 Å². The van der Waals surface area contributed by atoms with Crippen molar-refractivity contribution >= 4 is 0 Å². The molecule has 2 atom stereocenters. The highest BCUT2D eigenvalue weighted by Gasteiger charge is 2.12. The van der Waals surface area contributed by atoms with Gasteiger partial charge in [-0.05, 0) is 43.4 Å². The van der Waals surface area contributed by atoms with Gasteiger partial charge in [-0.2, -0.15) is 0 Å². The smallest absolute Gasteiger partial charge is 0.0240 e. The van der Waals surface area contributed by atoms with Crippen LogP contribution >= 0.6 is 0 Å². The molecule has 0 saturated heterocycles. The first-order valence-electron chi connectivity index (χ1n) is 5.55. The van der Waals surface area contributed by atoms with Crippen LogP contribution in [0.5, 0.6) is 0 Å². The minimum absolute atomic E-state index is 0.428. The average Bonchev–Trinajstić information content (AvgIpc) is 2.21. The van der Waals surface area contributed by atoms with Crippen LogP contribution in [0.15, 0.2) is 18.2 Å². The molecule has 0 saturated carbocycles. The maximum Gasteiger partial charge on any atom is 0.0240 e. The second-order valence-electron chi connectivity index (χ2n) is 4.32. The molecule has 0 aliphatic carbocycles. The first-order chi connectivity index (χ1) is 7.06. The SMILES string of the molecule is CC#CC(C)C(C)c1ccc(C)c(C)c1. The topological polar surface area (TPSA) is 0 Å². The Morgan fingerprint density at radius 3 is 2.27 bits per heavy atom. The summed E-state index contributed by atoms with van der Waals surface area (Å²) in [7, 11) is 0. The van der Waals surface area contributed by atoms with Gasteiger partial charge < -0.3 is 0 Å². The maximum atomic E-state index is 3.23. The third kappa shape index (κ3) is 2.86. The van der Waals surface area contributed by atoms with E-state index < -0.39 is 0 Å². The van der Waals surface area contributed by atoms with Gasteiger partial charge in [0.05, 0.1) is 0 Å². The first-order valence-corrected chi connectivity index (χ1v) is 5.55. The van der Waals surface area contributed by atoms with Crippen LogP contribution in [0.4, 0.5) is 0 Å². The molecule has 0 aliphatic rings. The summed E-state index contributed by atoms with van der Waals surface area (Å²) in [5.41, 5.74) is 4.13. The van der Waals surface area contributed by atoms with Gasteiger partial charge in [0.15, 0.2) is 0 Å². The molecule has 0 N–H and O–H groups in total. The molecule has 1 aromatic rings. The van der Waals surface area contributed by atoms with Gasteiger partial charge in [0.25, 0.3) is 0 Å². The molecule has 15 heavy (non-hydrogen) atoms. The summed E-state index contributed by atoms with van der Waals surface area (Å²) in [6.45, 7) is 10.7. The van der Waals surface area contributed by atoms with E-state index in [-0.39, 0.29) is 0 Å². The summed E-state index contributed by atoms with van der Waals surface area (Å²) in [6, 6.07) is 6.71. The summed E-state index contributed by atoms with van der Waals surface area (Å²) in [5.74, 6) is 7.16. The number of rotatable bonds is 2. The van der Waals surface area contributed by atoms with E-state index in [0.29, 0.717) is 11.8 Å². The Balaban J connectivity index is 2.94. The summed E-state index contributed by atoms with van der Waals surface area (Å²) in [6.07, 6.45) is 0. The highest BCUT2D eigenvalue weighted by atomic mass is 14.2. The van der Waals surface area contributed by atoms with Crippen molar-refractivity contribution in [2.24, 2.45) is 5.92 Å². The van der Waals surface area contributed by atoms with E-state index in [1.165, 1.54) is 16.7 Å². The lowest BCUT2D eigenvalue weighted by Gasteiger charge is -2.16. The number of aryl methyl sites for hydroxylation is 2. The second kappa shape index (κ2) is 5.03. The van der Waals surface area contributed by atoms with E-state index in [9.17, 15) is 0 Å². The monoisotopic (exact) mass is 200 g/mol. The zero-order chi connectivity index (χ0) is 11.4. The summed E-state index contributed by atoms with van der Waals surface area (Å²) >= 11 is 0. The van der Waals surface area contributed by atoms with Gasteiger partial charge in [0.2, 0.25) is 0 Å². The molecule has 0 amide bonds. The Morgan fingerprint density at radius 1 is 1.07 bits per heavy atom. The molecule has 0 radical (unpaired) electrons. The van der Waals surface area contributed by atoms with Crippen LogP contribution in [-0.4, -0.2) is 0 Å². The standard InChI is InChI=1S/C15H20/c1-6-7-12(3)14(5)15-9-8-11(2)13(4)10-15/h8-10,12,14H,1-5H3. The fourth-order valence-electron chi connectivity index (χ4n) is 1.69. The van der Waals surface area contributed by atoms with Crippen LogP contribution in [0.1, 0.15) is 43.4 Å². The van der Waals surface area contributed by atoms with Crippen molar-refractivity contribution in [3.05, 3.63) is 34.9 Å². The molecule has 0 aromatic heterocycles. The van der Waals surface area contributed by atoms with Crippen molar-refractivity contribution in [2.75, 3.05) is 0 Å². The van der Waals surface area contributed by atoms with E-state index in [2.05, 4.69) is 57.7 Å². The fourth-order valence-corrected chi connectivity index (χ4v) is 1.69. The molecular formula is C15H20. The normalized spacial score (nSPS) is 13.9. The lowest BCUT2D eigenvalue weighted by molar-refractivity contribution is 0.609. The Morgan fingerprint density at radius 2 is 1.73 bits per heavy atom. The van der Waals surface area contributed by atoms with E-state index in [1.54, 1.807) is 0 Å². The molecule has 80 valence electrons. The van der Waals surface area contributed by atoms with Crippen LogP contribution in [0.2, 0.25) is 0 Å². The molecule has 1 aromatic carbocycles. The van der Waals surface area contributed by atoms with Gasteiger partial charge in [-0.1, -0.05) is 38.0 Å².